The van der Waals surface area contributed by atoms with Crippen molar-refractivity contribution >= 4 is 21.4 Å². The molecular weight excluding hydrogens is 408 g/mol. The Bertz CT molecular complexity index is 1000. The van der Waals surface area contributed by atoms with Gasteiger partial charge in [-0.25, -0.2) is 8.42 Å². The highest BCUT2D eigenvalue weighted by atomic mass is 35.5. The molecule has 2 atom stereocenters. The zero-order valence-electron chi connectivity index (χ0n) is 16.6. The van der Waals surface area contributed by atoms with Crippen LogP contribution >= 0.6 is 11.6 Å². The van der Waals surface area contributed by atoms with E-state index in [4.69, 9.17) is 21.6 Å². The van der Waals surface area contributed by atoms with Gasteiger partial charge in [-0.15, -0.1) is 0 Å². The molecule has 0 aromatic heterocycles. The Morgan fingerprint density at radius 1 is 1.24 bits per heavy atom. The van der Waals surface area contributed by atoms with Gasteiger partial charge in [-0.3, -0.25) is 4.90 Å². The summed E-state index contributed by atoms with van der Waals surface area (Å²) in [5, 5.41) is 9.69. The van der Waals surface area contributed by atoms with Gasteiger partial charge in [0.05, 0.1) is 23.1 Å². The quantitative estimate of drug-likeness (QED) is 0.662. The summed E-state index contributed by atoms with van der Waals surface area (Å²) in [7, 11) is -3.19. The molecular formula is C22H25ClN2O3S. The molecule has 0 N–H and O–H groups in total. The van der Waals surface area contributed by atoms with E-state index in [1.807, 2.05) is 12.1 Å². The van der Waals surface area contributed by atoms with Crippen LogP contribution in [0.2, 0.25) is 5.02 Å². The van der Waals surface area contributed by atoms with Crippen LogP contribution in [0, 0.1) is 17.2 Å². The average molecular weight is 433 g/mol. The third-order valence-corrected chi connectivity index (χ3v) is 6.65. The summed E-state index contributed by atoms with van der Waals surface area (Å²) in [6, 6.07) is 14.7. The first-order valence-corrected chi connectivity index (χ1v) is 11.9. The number of nitrogens with zero attached hydrogens (tertiary/aromatic N) is 2. The maximum Gasteiger partial charge on any atom is 0.175 e. The molecule has 0 unspecified atom stereocenters. The number of hydrogen-bond donors (Lipinski definition) is 0. The van der Waals surface area contributed by atoms with Crippen LogP contribution in [0.1, 0.15) is 24.5 Å². The molecule has 1 aliphatic heterocycles. The Morgan fingerprint density at radius 3 is 2.62 bits per heavy atom. The van der Waals surface area contributed by atoms with Gasteiger partial charge in [-0.05, 0) is 67.8 Å². The molecule has 0 bridgehead atoms. The van der Waals surface area contributed by atoms with Crippen molar-refractivity contribution in [1.29, 1.82) is 5.26 Å². The number of hydrogen-bond acceptors (Lipinski definition) is 5. The fourth-order valence-electron chi connectivity index (χ4n) is 3.78. The number of likely N-dealkylation sites (tertiary alicyclic amines) is 1. The number of rotatable bonds is 7. The van der Waals surface area contributed by atoms with Crippen LogP contribution in [0.25, 0.3) is 0 Å². The summed E-state index contributed by atoms with van der Waals surface area (Å²) >= 11 is 6.10. The van der Waals surface area contributed by atoms with Crippen LogP contribution in [0.5, 0.6) is 5.75 Å². The average Bonchev–Trinajstić information content (AvgIpc) is 3.03. The largest absolute Gasteiger partial charge is 0.493 e. The van der Waals surface area contributed by atoms with Crippen LogP contribution in [0.15, 0.2) is 47.4 Å². The maximum absolute atomic E-state index is 11.5. The fraction of sp³-hybridized carbons (Fsp3) is 0.409. The predicted molar refractivity (Wildman–Crippen MR) is 114 cm³/mol. The summed E-state index contributed by atoms with van der Waals surface area (Å²) < 4.78 is 29.0. The van der Waals surface area contributed by atoms with Gasteiger partial charge in [0, 0.05) is 36.3 Å². The van der Waals surface area contributed by atoms with Crippen LogP contribution in [-0.2, 0) is 16.3 Å². The van der Waals surface area contributed by atoms with Crippen LogP contribution in [0.3, 0.4) is 0 Å². The van der Waals surface area contributed by atoms with E-state index in [0.29, 0.717) is 39.8 Å². The van der Waals surface area contributed by atoms with Crippen molar-refractivity contribution in [1.82, 2.24) is 4.90 Å². The minimum atomic E-state index is -3.19. The van der Waals surface area contributed by atoms with Crippen LogP contribution < -0.4 is 4.74 Å². The lowest BCUT2D eigenvalue weighted by atomic mass is 10.1. The maximum atomic E-state index is 11.5. The molecule has 7 heteroatoms. The Kier molecular flexibility index (Phi) is 6.84. The van der Waals surface area contributed by atoms with Gasteiger partial charge in [-0.1, -0.05) is 11.6 Å². The summed E-state index contributed by atoms with van der Waals surface area (Å²) in [5.74, 6) is 1.11. The SMILES string of the molecule is C[C@H]1C[C@@H](COc2ccc(S(C)(=O)=O)cc2)CN1CCc1cc(Cl)cc(C#N)c1. The molecule has 1 fully saturated rings. The van der Waals surface area contributed by atoms with E-state index in [2.05, 4.69) is 17.9 Å². The van der Waals surface area contributed by atoms with E-state index < -0.39 is 9.84 Å². The van der Waals surface area contributed by atoms with Crippen LogP contribution in [0.4, 0.5) is 0 Å². The van der Waals surface area contributed by atoms with Crippen molar-refractivity contribution in [2.45, 2.75) is 30.7 Å². The lowest BCUT2D eigenvalue weighted by Crippen LogP contribution is -2.29. The monoisotopic (exact) mass is 432 g/mol. The zero-order chi connectivity index (χ0) is 21.0. The van der Waals surface area contributed by atoms with Crippen molar-refractivity contribution in [2.75, 3.05) is 26.0 Å². The summed E-state index contributed by atoms with van der Waals surface area (Å²) in [4.78, 5) is 2.74. The molecule has 3 rings (SSSR count). The first-order chi connectivity index (χ1) is 13.7. The molecule has 0 spiro atoms. The molecule has 0 amide bonds. The molecule has 154 valence electrons. The van der Waals surface area contributed by atoms with Gasteiger partial charge in [0.1, 0.15) is 5.75 Å². The second-order valence-electron chi connectivity index (χ2n) is 7.71. The number of nitriles is 1. The number of benzene rings is 2. The minimum absolute atomic E-state index is 0.297. The summed E-state index contributed by atoms with van der Waals surface area (Å²) in [6.07, 6.45) is 3.10. The van der Waals surface area contributed by atoms with Gasteiger partial charge in [-0.2, -0.15) is 5.26 Å². The Labute approximate surface area is 177 Å². The normalized spacial score (nSPS) is 19.8. The smallest absolute Gasteiger partial charge is 0.175 e. The second kappa shape index (κ2) is 9.17. The molecule has 0 aliphatic carbocycles. The molecule has 1 aliphatic rings. The van der Waals surface area contributed by atoms with Gasteiger partial charge in [0.15, 0.2) is 9.84 Å². The number of sulfone groups is 1. The van der Waals surface area contributed by atoms with Gasteiger partial charge in [0.2, 0.25) is 0 Å². The lowest BCUT2D eigenvalue weighted by molar-refractivity contribution is 0.234. The van der Waals surface area contributed by atoms with E-state index in [1.165, 1.54) is 6.26 Å². The molecule has 2 aromatic carbocycles. The van der Waals surface area contributed by atoms with Gasteiger partial charge in [0.25, 0.3) is 0 Å². The summed E-state index contributed by atoms with van der Waals surface area (Å²) in [5.41, 5.74) is 1.67. The first kappa shape index (κ1) is 21.6. The van der Waals surface area contributed by atoms with E-state index >= 15 is 0 Å². The molecule has 5 nitrogen and oxygen atoms in total. The van der Waals surface area contributed by atoms with E-state index in [1.54, 1.807) is 30.3 Å². The lowest BCUT2D eigenvalue weighted by Gasteiger charge is -2.21. The topological polar surface area (TPSA) is 70.4 Å². The Morgan fingerprint density at radius 2 is 1.97 bits per heavy atom. The standard InChI is InChI=1S/C22H25ClN2O3S/c1-16-9-19(15-28-21-3-5-22(6-4-21)29(2,26)27)14-25(16)8-7-17-10-18(13-24)12-20(23)11-17/h3-6,10-12,16,19H,7-9,14-15H2,1-2H3/t16-,19+/m0/s1. The van der Waals surface area contributed by atoms with Gasteiger partial charge >= 0.3 is 0 Å². The van der Waals surface area contributed by atoms with E-state index in [-0.39, 0.29) is 0 Å². The predicted octanol–water partition coefficient (Wildman–Crippen LogP) is 3.95. The van der Waals surface area contributed by atoms with Crippen molar-refractivity contribution in [3.63, 3.8) is 0 Å². The minimum Gasteiger partial charge on any atom is -0.493 e. The van der Waals surface area contributed by atoms with E-state index in [9.17, 15) is 8.42 Å². The van der Waals surface area contributed by atoms with Crippen molar-refractivity contribution in [2.24, 2.45) is 5.92 Å². The molecule has 0 saturated carbocycles. The Balaban J connectivity index is 1.51. The fourth-order valence-corrected chi connectivity index (χ4v) is 4.67. The number of ether oxygens (including phenoxy) is 1. The van der Waals surface area contributed by atoms with Crippen molar-refractivity contribution in [3.05, 3.63) is 58.6 Å². The second-order valence-corrected chi connectivity index (χ2v) is 10.2. The molecule has 29 heavy (non-hydrogen) atoms. The third-order valence-electron chi connectivity index (χ3n) is 5.30. The highest BCUT2D eigenvalue weighted by molar-refractivity contribution is 7.90. The van der Waals surface area contributed by atoms with Crippen molar-refractivity contribution in [3.8, 4) is 11.8 Å². The highest BCUT2D eigenvalue weighted by Gasteiger charge is 2.29. The third kappa shape index (κ3) is 5.96. The summed E-state index contributed by atoms with van der Waals surface area (Å²) in [6.45, 7) is 4.69. The molecule has 2 aromatic rings. The molecule has 1 heterocycles. The van der Waals surface area contributed by atoms with Gasteiger partial charge < -0.3 is 4.74 Å². The number of halogens is 1. The molecule has 1 saturated heterocycles. The molecule has 0 radical (unpaired) electrons. The van der Waals surface area contributed by atoms with E-state index in [0.717, 1.165) is 31.5 Å². The highest BCUT2D eigenvalue weighted by Crippen LogP contribution is 2.25. The Hall–Kier alpha value is -2.07. The zero-order valence-corrected chi connectivity index (χ0v) is 18.2. The first-order valence-electron chi connectivity index (χ1n) is 9.61. The van der Waals surface area contributed by atoms with Crippen LogP contribution in [-0.4, -0.2) is 45.3 Å². The van der Waals surface area contributed by atoms with Crippen molar-refractivity contribution < 1.29 is 13.2 Å².